The first-order valence-corrected chi connectivity index (χ1v) is 6.85. The molecule has 0 spiro atoms. The number of aliphatic hydroxyl groups excluding tert-OH is 1. The molecule has 0 aliphatic heterocycles. The van der Waals surface area contributed by atoms with Gasteiger partial charge in [-0.15, -0.1) is 0 Å². The highest BCUT2D eigenvalue weighted by Crippen LogP contribution is 2.28. The lowest BCUT2D eigenvalue weighted by Gasteiger charge is -2.14. The average molecular weight is 237 g/mol. The van der Waals surface area contributed by atoms with Gasteiger partial charge in [0.2, 0.25) is 0 Å². The molecule has 1 aromatic heterocycles. The highest BCUT2D eigenvalue weighted by Gasteiger charge is 2.25. The fraction of sp³-hybridized carbons (Fsp3) is 0.846. The summed E-state index contributed by atoms with van der Waals surface area (Å²) in [7, 11) is 0. The second-order valence-electron chi connectivity index (χ2n) is 4.92. The molecule has 4 nitrogen and oxygen atoms in total. The highest BCUT2D eigenvalue weighted by atomic mass is 16.3. The van der Waals surface area contributed by atoms with E-state index in [0.717, 1.165) is 50.3 Å². The van der Waals surface area contributed by atoms with Crippen LogP contribution in [0.5, 0.6) is 0 Å². The highest BCUT2D eigenvalue weighted by molar-refractivity contribution is 4.92. The van der Waals surface area contributed by atoms with Gasteiger partial charge in [-0.05, 0) is 25.2 Å². The fourth-order valence-electron chi connectivity index (χ4n) is 2.66. The lowest BCUT2D eigenvalue weighted by molar-refractivity contribution is 0.124. The molecule has 1 fully saturated rings. The zero-order valence-corrected chi connectivity index (χ0v) is 10.9. The van der Waals surface area contributed by atoms with Gasteiger partial charge in [-0.3, -0.25) is 0 Å². The van der Waals surface area contributed by atoms with Gasteiger partial charge in [0.1, 0.15) is 5.82 Å². The first-order valence-electron chi connectivity index (χ1n) is 6.85. The summed E-state index contributed by atoms with van der Waals surface area (Å²) >= 11 is 0. The van der Waals surface area contributed by atoms with Gasteiger partial charge in [-0.2, -0.15) is 5.10 Å². The van der Waals surface area contributed by atoms with Gasteiger partial charge in [0, 0.05) is 19.4 Å². The van der Waals surface area contributed by atoms with E-state index in [1.165, 1.54) is 6.42 Å². The quantitative estimate of drug-likeness (QED) is 0.851. The van der Waals surface area contributed by atoms with Crippen LogP contribution in [-0.2, 0) is 19.4 Å². The Balaban J connectivity index is 1.95. The number of hydrogen-bond acceptors (Lipinski definition) is 3. The van der Waals surface area contributed by atoms with E-state index in [-0.39, 0.29) is 6.10 Å². The summed E-state index contributed by atoms with van der Waals surface area (Å²) in [5.41, 5.74) is 0. The molecule has 0 aromatic carbocycles. The standard InChI is InChI=1S/C13H23N3O/c1-3-12-14-13(4-2)16(15-12)9-8-10-6-5-7-11(10)17/h10-11,17H,3-9H2,1-2H3. The Kier molecular flexibility index (Phi) is 4.15. The Labute approximate surface area is 103 Å². The second kappa shape index (κ2) is 5.63. The van der Waals surface area contributed by atoms with Crippen molar-refractivity contribution in [1.82, 2.24) is 14.8 Å². The summed E-state index contributed by atoms with van der Waals surface area (Å²) in [6.07, 6.45) is 6.08. The Hall–Kier alpha value is -0.900. The van der Waals surface area contributed by atoms with Gasteiger partial charge in [0.05, 0.1) is 6.10 Å². The summed E-state index contributed by atoms with van der Waals surface area (Å²) in [6, 6.07) is 0. The predicted octanol–water partition coefficient (Wildman–Crippen LogP) is 1.95. The van der Waals surface area contributed by atoms with E-state index in [0.29, 0.717) is 5.92 Å². The largest absolute Gasteiger partial charge is 0.393 e. The smallest absolute Gasteiger partial charge is 0.150 e. The maximum Gasteiger partial charge on any atom is 0.150 e. The van der Waals surface area contributed by atoms with E-state index in [1.54, 1.807) is 0 Å². The van der Waals surface area contributed by atoms with Gasteiger partial charge < -0.3 is 5.11 Å². The number of aliphatic hydroxyl groups is 1. The number of nitrogens with zero attached hydrogens (tertiary/aromatic N) is 3. The van der Waals surface area contributed by atoms with Crippen LogP contribution in [0.2, 0.25) is 0 Å². The first-order chi connectivity index (χ1) is 8.24. The molecule has 1 aliphatic carbocycles. The maximum absolute atomic E-state index is 9.80. The van der Waals surface area contributed by atoms with Crippen molar-refractivity contribution in [1.29, 1.82) is 0 Å². The van der Waals surface area contributed by atoms with E-state index in [9.17, 15) is 5.11 Å². The number of hydrogen-bond donors (Lipinski definition) is 1. The van der Waals surface area contributed by atoms with Crippen LogP contribution < -0.4 is 0 Å². The summed E-state index contributed by atoms with van der Waals surface area (Å²) in [4.78, 5) is 4.50. The van der Waals surface area contributed by atoms with Gasteiger partial charge in [-0.25, -0.2) is 9.67 Å². The molecular weight excluding hydrogens is 214 g/mol. The molecule has 1 N–H and O–H groups in total. The summed E-state index contributed by atoms with van der Waals surface area (Å²) in [5, 5.41) is 14.3. The molecular formula is C13H23N3O. The fourth-order valence-corrected chi connectivity index (χ4v) is 2.66. The van der Waals surface area contributed by atoms with Crippen molar-refractivity contribution < 1.29 is 5.11 Å². The van der Waals surface area contributed by atoms with E-state index in [1.807, 2.05) is 4.68 Å². The van der Waals surface area contributed by atoms with Gasteiger partial charge in [0.15, 0.2) is 5.82 Å². The van der Waals surface area contributed by atoms with E-state index in [4.69, 9.17) is 0 Å². The van der Waals surface area contributed by atoms with Crippen LogP contribution >= 0.6 is 0 Å². The first kappa shape index (κ1) is 12.6. The Morgan fingerprint density at radius 1 is 1.29 bits per heavy atom. The van der Waals surface area contributed by atoms with Crippen molar-refractivity contribution in [3.63, 3.8) is 0 Å². The molecule has 0 saturated heterocycles. The summed E-state index contributed by atoms with van der Waals surface area (Å²) in [6.45, 7) is 5.10. The minimum absolute atomic E-state index is 0.0887. The van der Waals surface area contributed by atoms with Gasteiger partial charge in [0.25, 0.3) is 0 Å². The Morgan fingerprint density at radius 3 is 2.71 bits per heavy atom. The van der Waals surface area contributed by atoms with Crippen molar-refractivity contribution in [3.8, 4) is 0 Å². The van der Waals surface area contributed by atoms with Crippen molar-refractivity contribution in [2.75, 3.05) is 0 Å². The van der Waals surface area contributed by atoms with Crippen LogP contribution in [0.15, 0.2) is 0 Å². The van der Waals surface area contributed by atoms with Crippen molar-refractivity contribution >= 4 is 0 Å². The van der Waals surface area contributed by atoms with Crippen LogP contribution in [0.1, 0.15) is 51.2 Å². The van der Waals surface area contributed by atoms with Crippen LogP contribution in [0, 0.1) is 5.92 Å². The molecule has 1 aliphatic rings. The van der Waals surface area contributed by atoms with Crippen molar-refractivity contribution in [2.45, 2.75) is 65.0 Å². The summed E-state index contributed by atoms with van der Waals surface area (Å²) < 4.78 is 2.03. The number of aryl methyl sites for hydroxylation is 3. The Morgan fingerprint density at radius 2 is 2.12 bits per heavy atom. The minimum atomic E-state index is -0.0887. The molecule has 0 amide bonds. The third-order valence-corrected chi connectivity index (χ3v) is 3.76. The maximum atomic E-state index is 9.80. The number of rotatable bonds is 5. The SMILES string of the molecule is CCc1nc(CC)n(CCC2CCCC2O)n1. The molecule has 1 heterocycles. The molecule has 1 saturated carbocycles. The van der Waals surface area contributed by atoms with Gasteiger partial charge in [-0.1, -0.05) is 20.3 Å². The number of aromatic nitrogens is 3. The molecule has 2 unspecified atom stereocenters. The molecule has 0 radical (unpaired) electrons. The normalized spacial score (nSPS) is 24.4. The topological polar surface area (TPSA) is 50.9 Å². The van der Waals surface area contributed by atoms with Crippen LogP contribution in [0.4, 0.5) is 0 Å². The van der Waals surface area contributed by atoms with Crippen molar-refractivity contribution in [3.05, 3.63) is 11.6 Å². The predicted molar refractivity (Wildman–Crippen MR) is 66.7 cm³/mol. The van der Waals surface area contributed by atoms with Crippen LogP contribution in [-0.4, -0.2) is 26.0 Å². The molecule has 17 heavy (non-hydrogen) atoms. The zero-order chi connectivity index (χ0) is 12.3. The minimum Gasteiger partial charge on any atom is -0.393 e. The monoisotopic (exact) mass is 237 g/mol. The molecule has 4 heteroatoms. The summed E-state index contributed by atoms with van der Waals surface area (Å²) in [5.74, 6) is 2.48. The second-order valence-corrected chi connectivity index (χ2v) is 4.92. The van der Waals surface area contributed by atoms with E-state index >= 15 is 0 Å². The van der Waals surface area contributed by atoms with Gasteiger partial charge >= 0.3 is 0 Å². The lowest BCUT2D eigenvalue weighted by Crippen LogP contribution is -2.16. The molecule has 0 bridgehead atoms. The third-order valence-electron chi connectivity index (χ3n) is 3.76. The average Bonchev–Trinajstić information content (AvgIpc) is 2.92. The van der Waals surface area contributed by atoms with Crippen LogP contribution in [0.3, 0.4) is 0 Å². The van der Waals surface area contributed by atoms with Crippen LogP contribution in [0.25, 0.3) is 0 Å². The molecule has 96 valence electrons. The third kappa shape index (κ3) is 2.86. The molecule has 1 aromatic rings. The van der Waals surface area contributed by atoms with E-state index < -0.39 is 0 Å². The molecule has 2 atom stereocenters. The lowest BCUT2D eigenvalue weighted by atomic mass is 10.0. The molecule has 2 rings (SSSR count). The van der Waals surface area contributed by atoms with E-state index in [2.05, 4.69) is 23.9 Å². The van der Waals surface area contributed by atoms with Crippen molar-refractivity contribution in [2.24, 2.45) is 5.92 Å². The Bertz CT molecular complexity index is 362. The zero-order valence-electron chi connectivity index (χ0n) is 10.9.